The van der Waals surface area contributed by atoms with Crippen LogP contribution in [0.2, 0.25) is 0 Å². The van der Waals surface area contributed by atoms with Crippen LogP contribution in [-0.2, 0) is 6.54 Å². The van der Waals surface area contributed by atoms with Gasteiger partial charge in [-0.15, -0.1) is 0 Å². The molecule has 1 saturated carbocycles. The number of para-hydroxylation sites is 1. The molecule has 0 radical (unpaired) electrons. The Kier molecular flexibility index (Phi) is 4.59. The van der Waals surface area contributed by atoms with Gasteiger partial charge in [-0.25, -0.2) is 4.39 Å². The number of phenols is 1. The topological polar surface area (TPSA) is 32.3 Å². The zero-order chi connectivity index (χ0) is 13.0. The van der Waals surface area contributed by atoms with E-state index in [1.807, 2.05) is 0 Å². The number of hydrogen-bond acceptors (Lipinski definition) is 2. The molecule has 0 amide bonds. The quantitative estimate of drug-likeness (QED) is 0.857. The molecule has 0 aliphatic heterocycles. The molecule has 0 bridgehead atoms. The molecule has 2 N–H and O–H groups in total. The molecule has 3 heteroatoms. The van der Waals surface area contributed by atoms with Gasteiger partial charge in [-0.3, -0.25) is 0 Å². The van der Waals surface area contributed by atoms with Crippen molar-refractivity contribution in [2.45, 2.75) is 51.6 Å². The summed E-state index contributed by atoms with van der Waals surface area (Å²) < 4.78 is 13.2. The average Bonchev–Trinajstić information content (AvgIpc) is 2.41. The monoisotopic (exact) mass is 251 g/mol. The van der Waals surface area contributed by atoms with Crippen LogP contribution in [0.15, 0.2) is 18.2 Å². The molecule has 2 rings (SSSR count). The van der Waals surface area contributed by atoms with E-state index >= 15 is 0 Å². The predicted octanol–water partition coefficient (Wildman–Crippen LogP) is 3.59. The van der Waals surface area contributed by atoms with E-state index in [1.165, 1.54) is 38.2 Å². The first-order valence-corrected chi connectivity index (χ1v) is 6.88. The fourth-order valence-electron chi connectivity index (χ4n) is 2.77. The highest BCUT2D eigenvalue weighted by atomic mass is 19.1. The Morgan fingerprint density at radius 2 is 2.06 bits per heavy atom. The van der Waals surface area contributed by atoms with Crippen LogP contribution in [0.5, 0.6) is 5.75 Å². The van der Waals surface area contributed by atoms with Gasteiger partial charge in [0.2, 0.25) is 0 Å². The number of hydrogen-bond donors (Lipinski definition) is 2. The van der Waals surface area contributed by atoms with Crippen molar-refractivity contribution >= 4 is 0 Å². The molecular weight excluding hydrogens is 229 g/mol. The van der Waals surface area contributed by atoms with Gasteiger partial charge in [0.1, 0.15) is 0 Å². The van der Waals surface area contributed by atoms with Gasteiger partial charge in [0.15, 0.2) is 11.6 Å². The summed E-state index contributed by atoms with van der Waals surface area (Å²) in [6.07, 6.45) is 6.56. The minimum Gasteiger partial charge on any atom is -0.505 e. The summed E-state index contributed by atoms with van der Waals surface area (Å²) in [6.45, 7) is 2.72. The first-order valence-electron chi connectivity index (χ1n) is 6.88. The smallest absolute Gasteiger partial charge is 0.165 e. The lowest BCUT2D eigenvalue weighted by Crippen LogP contribution is -2.34. The maximum absolute atomic E-state index is 13.2. The van der Waals surface area contributed by atoms with Gasteiger partial charge < -0.3 is 10.4 Å². The Balaban J connectivity index is 1.88. The lowest BCUT2D eigenvalue weighted by molar-refractivity contribution is 0.279. The second kappa shape index (κ2) is 6.19. The number of phenolic OH excluding ortho intramolecular Hbond substituents is 1. The molecule has 1 aromatic rings. The lowest BCUT2D eigenvalue weighted by Gasteiger charge is -2.28. The van der Waals surface area contributed by atoms with E-state index < -0.39 is 5.82 Å². The van der Waals surface area contributed by atoms with Gasteiger partial charge in [-0.1, -0.05) is 31.4 Å². The number of aromatic hydroxyl groups is 1. The van der Waals surface area contributed by atoms with Crippen molar-refractivity contribution in [3.05, 3.63) is 29.6 Å². The van der Waals surface area contributed by atoms with Crippen LogP contribution in [0.25, 0.3) is 0 Å². The second-order valence-corrected chi connectivity index (χ2v) is 5.32. The Labute approximate surface area is 108 Å². The van der Waals surface area contributed by atoms with E-state index in [0.717, 1.165) is 5.92 Å². The van der Waals surface area contributed by atoms with Crippen LogP contribution in [0.3, 0.4) is 0 Å². The molecule has 1 aliphatic carbocycles. The molecule has 0 heterocycles. The molecule has 1 aliphatic rings. The largest absolute Gasteiger partial charge is 0.505 e. The SMILES string of the molecule is CC(NCc1cccc(F)c1O)C1CCCCC1. The van der Waals surface area contributed by atoms with Crippen molar-refractivity contribution in [3.8, 4) is 5.75 Å². The summed E-state index contributed by atoms with van der Waals surface area (Å²) in [7, 11) is 0. The molecule has 0 spiro atoms. The molecule has 1 aromatic carbocycles. The molecule has 1 atom stereocenters. The van der Waals surface area contributed by atoms with Crippen LogP contribution >= 0.6 is 0 Å². The summed E-state index contributed by atoms with van der Waals surface area (Å²) >= 11 is 0. The Hall–Kier alpha value is -1.09. The molecule has 0 aromatic heterocycles. The summed E-state index contributed by atoms with van der Waals surface area (Å²) in [5, 5.41) is 13.0. The van der Waals surface area contributed by atoms with Gasteiger partial charge in [0, 0.05) is 18.2 Å². The molecule has 1 fully saturated rings. The molecule has 0 saturated heterocycles. The maximum Gasteiger partial charge on any atom is 0.165 e. The minimum absolute atomic E-state index is 0.221. The van der Waals surface area contributed by atoms with Crippen molar-refractivity contribution in [1.29, 1.82) is 0 Å². The highest BCUT2D eigenvalue weighted by Gasteiger charge is 2.19. The normalized spacial score (nSPS) is 18.8. The molecule has 100 valence electrons. The van der Waals surface area contributed by atoms with Gasteiger partial charge in [0.25, 0.3) is 0 Å². The van der Waals surface area contributed by atoms with Crippen molar-refractivity contribution in [1.82, 2.24) is 5.32 Å². The predicted molar refractivity (Wildman–Crippen MR) is 70.9 cm³/mol. The summed E-state index contributed by atoms with van der Waals surface area (Å²) in [5.74, 6) is -0.0464. The van der Waals surface area contributed by atoms with Crippen molar-refractivity contribution in [3.63, 3.8) is 0 Å². The molecular formula is C15H22FNO. The number of nitrogens with one attached hydrogen (secondary N) is 1. The first-order chi connectivity index (χ1) is 8.68. The second-order valence-electron chi connectivity index (χ2n) is 5.32. The maximum atomic E-state index is 13.2. The van der Waals surface area contributed by atoms with Crippen LogP contribution < -0.4 is 5.32 Å². The third-order valence-electron chi connectivity index (χ3n) is 4.04. The third-order valence-corrected chi connectivity index (χ3v) is 4.04. The van der Waals surface area contributed by atoms with E-state index in [2.05, 4.69) is 12.2 Å². The zero-order valence-corrected chi connectivity index (χ0v) is 11.0. The zero-order valence-electron chi connectivity index (χ0n) is 11.0. The highest BCUT2D eigenvalue weighted by Crippen LogP contribution is 2.27. The Bertz CT molecular complexity index is 388. The molecule has 2 nitrogen and oxygen atoms in total. The minimum atomic E-state index is -0.542. The van der Waals surface area contributed by atoms with Crippen molar-refractivity contribution in [2.75, 3.05) is 0 Å². The standard InChI is InChI=1S/C15H22FNO/c1-11(12-6-3-2-4-7-12)17-10-13-8-5-9-14(16)15(13)18/h5,8-9,11-12,17-18H,2-4,6-7,10H2,1H3. The first kappa shape index (κ1) is 13.3. The lowest BCUT2D eigenvalue weighted by atomic mass is 9.84. The van der Waals surface area contributed by atoms with E-state index in [-0.39, 0.29) is 5.75 Å². The summed E-state index contributed by atoms with van der Waals surface area (Å²) in [5.41, 5.74) is 0.637. The van der Waals surface area contributed by atoms with Crippen LogP contribution in [0.1, 0.15) is 44.6 Å². The Morgan fingerprint density at radius 1 is 1.33 bits per heavy atom. The van der Waals surface area contributed by atoms with Gasteiger partial charge in [-0.05, 0) is 31.7 Å². The van der Waals surface area contributed by atoms with Crippen molar-refractivity contribution in [2.24, 2.45) is 5.92 Å². The highest BCUT2D eigenvalue weighted by molar-refractivity contribution is 5.33. The van der Waals surface area contributed by atoms with Crippen LogP contribution in [0.4, 0.5) is 4.39 Å². The fraction of sp³-hybridized carbons (Fsp3) is 0.600. The van der Waals surface area contributed by atoms with E-state index in [0.29, 0.717) is 18.2 Å². The fourth-order valence-corrected chi connectivity index (χ4v) is 2.77. The van der Waals surface area contributed by atoms with E-state index in [4.69, 9.17) is 0 Å². The van der Waals surface area contributed by atoms with Crippen LogP contribution in [-0.4, -0.2) is 11.1 Å². The number of rotatable bonds is 4. The molecule has 18 heavy (non-hydrogen) atoms. The number of benzene rings is 1. The van der Waals surface area contributed by atoms with E-state index in [1.54, 1.807) is 12.1 Å². The van der Waals surface area contributed by atoms with Crippen molar-refractivity contribution < 1.29 is 9.50 Å². The van der Waals surface area contributed by atoms with Gasteiger partial charge in [-0.2, -0.15) is 0 Å². The van der Waals surface area contributed by atoms with Gasteiger partial charge in [0.05, 0.1) is 0 Å². The average molecular weight is 251 g/mol. The molecule has 1 unspecified atom stereocenters. The third kappa shape index (κ3) is 3.22. The summed E-state index contributed by atoms with van der Waals surface area (Å²) in [4.78, 5) is 0. The van der Waals surface area contributed by atoms with Crippen LogP contribution in [0, 0.1) is 11.7 Å². The van der Waals surface area contributed by atoms with E-state index in [9.17, 15) is 9.50 Å². The summed E-state index contributed by atoms with van der Waals surface area (Å²) in [6, 6.07) is 5.10. The number of halogens is 1. The Morgan fingerprint density at radius 3 is 2.78 bits per heavy atom. The van der Waals surface area contributed by atoms with Gasteiger partial charge >= 0.3 is 0 Å².